The molecule has 2 unspecified atom stereocenters. The molecule has 0 bridgehead atoms. The number of imidazole rings is 1. The van der Waals surface area contributed by atoms with E-state index in [-0.39, 0.29) is 5.04 Å². The van der Waals surface area contributed by atoms with Crippen molar-refractivity contribution < 1.29 is 13.9 Å². The minimum absolute atomic E-state index is 0.0101. The summed E-state index contributed by atoms with van der Waals surface area (Å²) in [6.07, 6.45) is 10.9. The molecular weight excluding hydrogens is 849 g/mol. The largest absolute Gasteiger partial charge is 0.543 e. The summed E-state index contributed by atoms with van der Waals surface area (Å²) in [5, 5.41) is 4.69. The molecule has 0 saturated heterocycles. The number of aromatic nitrogens is 2. The van der Waals surface area contributed by atoms with Crippen molar-refractivity contribution >= 4 is 40.9 Å². The molecule has 354 valence electrons. The zero-order chi connectivity index (χ0) is 47.8. The summed E-state index contributed by atoms with van der Waals surface area (Å²) in [7, 11) is -2.25. The summed E-state index contributed by atoms with van der Waals surface area (Å²) in [5.41, 5.74) is 8.51. The topological polar surface area (TPSA) is 45.5 Å². The summed E-state index contributed by atoms with van der Waals surface area (Å²) in [6, 6.07) is 50.5. The van der Waals surface area contributed by atoms with Gasteiger partial charge in [-0.05, 0) is 130 Å². The number of hydrogen-bond donors (Lipinski definition) is 0. The fourth-order valence-electron chi connectivity index (χ4n) is 9.28. The van der Waals surface area contributed by atoms with E-state index in [2.05, 4.69) is 206 Å². The molecule has 1 aromatic heterocycles. The van der Waals surface area contributed by atoms with Gasteiger partial charge >= 0.3 is 0 Å². The number of benzene rings is 7. The number of ether oxygens (including phenoxy) is 2. The van der Waals surface area contributed by atoms with Gasteiger partial charge in [0.15, 0.2) is 0 Å². The lowest BCUT2D eigenvalue weighted by Crippen LogP contribution is -2.44. The SMILES string of the molecule is CCCCCC(CC)COc1ccc(-c2cc(-c3ccc(OCC(CC)CCCC)cc3)cc(-n3c(-c4ccccc4O[Si](C)(C)C(C)(C)C)nc4c5ccccc5c5ccccc5c43)c2)cc1. The van der Waals surface area contributed by atoms with Crippen LogP contribution in [-0.4, -0.2) is 31.1 Å². The van der Waals surface area contributed by atoms with Crippen LogP contribution in [0.25, 0.3) is 71.9 Å². The standard InChI is InChI=1S/C62H74N2O3Si/c1-10-14-16-24-45(13-4)43-66-52-37-33-47(34-38-52)49-39-48(46-31-35-51(36-32-46)65-42-44(12-3)23-15-11-2)40-50(41-49)64-60-56-28-20-18-26-54(56)53-25-17-19-27-55(53)59(60)63-61(64)57-29-21-22-30-58(57)67-68(8,9)62(5,6)7/h17-22,25-41,44-45H,10-16,23-24,42-43H2,1-9H3. The van der Waals surface area contributed by atoms with Crippen molar-refractivity contribution in [1.29, 1.82) is 0 Å². The van der Waals surface area contributed by atoms with Gasteiger partial charge in [-0.15, -0.1) is 0 Å². The van der Waals surface area contributed by atoms with Crippen LogP contribution in [0.3, 0.4) is 0 Å². The predicted molar refractivity (Wildman–Crippen MR) is 292 cm³/mol. The zero-order valence-corrected chi connectivity index (χ0v) is 43.3. The maximum atomic E-state index is 7.21. The molecule has 0 fully saturated rings. The normalized spacial score (nSPS) is 13.0. The molecule has 68 heavy (non-hydrogen) atoms. The van der Waals surface area contributed by atoms with Gasteiger partial charge in [-0.3, -0.25) is 4.57 Å². The molecule has 7 aromatic carbocycles. The van der Waals surface area contributed by atoms with Gasteiger partial charge in [-0.2, -0.15) is 0 Å². The van der Waals surface area contributed by atoms with E-state index in [9.17, 15) is 0 Å². The number of para-hydroxylation sites is 1. The molecule has 8 aromatic rings. The lowest BCUT2D eigenvalue weighted by atomic mass is 9.97. The number of hydrogen-bond acceptors (Lipinski definition) is 4. The van der Waals surface area contributed by atoms with E-state index in [0.717, 1.165) is 104 Å². The van der Waals surface area contributed by atoms with Crippen molar-refractivity contribution in [3.63, 3.8) is 0 Å². The maximum Gasteiger partial charge on any atom is 0.250 e. The van der Waals surface area contributed by atoms with E-state index < -0.39 is 8.32 Å². The van der Waals surface area contributed by atoms with E-state index in [4.69, 9.17) is 18.9 Å². The first kappa shape index (κ1) is 48.6. The van der Waals surface area contributed by atoms with Crippen molar-refractivity contribution in [3.8, 4) is 56.6 Å². The van der Waals surface area contributed by atoms with Gasteiger partial charge in [0, 0.05) is 16.5 Å². The Labute approximate surface area is 408 Å². The van der Waals surface area contributed by atoms with Crippen molar-refractivity contribution in [3.05, 3.63) is 140 Å². The Morgan fingerprint density at radius 2 is 1.04 bits per heavy atom. The average molecular weight is 923 g/mol. The highest BCUT2D eigenvalue weighted by Gasteiger charge is 2.39. The molecule has 0 aliphatic carbocycles. The predicted octanol–water partition coefficient (Wildman–Crippen LogP) is 18.3. The monoisotopic (exact) mass is 923 g/mol. The maximum absolute atomic E-state index is 7.21. The van der Waals surface area contributed by atoms with Crippen molar-refractivity contribution in [2.45, 2.75) is 124 Å². The van der Waals surface area contributed by atoms with Crippen LogP contribution in [0, 0.1) is 11.8 Å². The quantitative estimate of drug-likeness (QED) is 0.0409. The number of rotatable bonds is 21. The van der Waals surface area contributed by atoms with Crippen LogP contribution >= 0.6 is 0 Å². The Balaban J connectivity index is 1.31. The van der Waals surface area contributed by atoms with Crippen LogP contribution in [-0.2, 0) is 0 Å². The molecule has 8 rings (SSSR count). The van der Waals surface area contributed by atoms with Crippen molar-refractivity contribution in [2.24, 2.45) is 11.8 Å². The molecule has 0 amide bonds. The minimum Gasteiger partial charge on any atom is -0.543 e. The minimum atomic E-state index is -2.25. The molecule has 0 radical (unpaired) electrons. The van der Waals surface area contributed by atoms with Gasteiger partial charge in [-0.1, -0.05) is 178 Å². The second-order valence-corrected chi connectivity index (χ2v) is 25.3. The Bertz CT molecular complexity index is 2930. The summed E-state index contributed by atoms with van der Waals surface area (Å²) in [6.45, 7) is 22.1. The second kappa shape index (κ2) is 21.6. The van der Waals surface area contributed by atoms with Crippen LogP contribution in [0.2, 0.25) is 18.1 Å². The van der Waals surface area contributed by atoms with Crippen LogP contribution in [0.15, 0.2) is 140 Å². The molecule has 0 aliphatic heterocycles. The first-order valence-electron chi connectivity index (χ1n) is 25.6. The van der Waals surface area contributed by atoms with E-state index in [1.165, 1.54) is 55.7 Å². The third-order valence-electron chi connectivity index (χ3n) is 14.7. The van der Waals surface area contributed by atoms with E-state index in [0.29, 0.717) is 11.8 Å². The lowest BCUT2D eigenvalue weighted by molar-refractivity contribution is 0.232. The third kappa shape index (κ3) is 10.7. The highest BCUT2D eigenvalue weighted by atomic mass is 28.4. The third-order valence-corrected chi connectivity index (χ3v) is 19.0. The van der Waals surface area contributed by atoms with E-state index in [1.807, 2.05) is 0 Å². The van der Waals surface area contributed by atoms with Gasteiger partial charge in [0.2, 0.25) is 0 Å². The Morgan fingerprint density at radius 1 is 0.544 bits per heavy atom. The molecule has 0 N–H and O–H groups in total. The van der Waals surface area contributed by atoms with Crippen LogP contribution in [0.1, 0.15) is 106 Å². The second-order valence-electron chi connectivity index (χ2n) is 20.5. The van der Waals surface area contributed by atoms with Crippen LogP contribution in [0.5, 0.6) is 17.2 Å². The molecule has 2 atom stereocenters. The van der Waals surface area contributed by atoms with Crippen LogP contribution < -0.4 is 13.9 Å². The lowest BCUT2D eigenvalue weighted by Gasteiger charge is -2.37. The first-order valence-corrected chi connectivity index (χ1v) is 28.6. The van der Waals surface area contributed by atoms with E-state index in [1.54, 1.807) is 0 Å². The van der Waals surface area contributed by atoms with Crippen molar-refractivity contribution in [1.82, 2.24) is 9.55 Å². The molecule has 5 nitrogen and oxygen atoms in total. The Kier molecular flexibility index (Phi) is 15.5. The van der Waals surface area contributed by atoms with Gasteiger partial charge in [0.05, 0.1) is 29.8 Å². The molecule has 0 spiro atoms. The fraction of sp³-hybridized carbons (Fsp3) is 0.371. The molecule has 0 saturated carbocycles. The fourth-order valence-corrected chi connectivity index (χ4v) is 10.3. The summed E-state index contributed by atoms with van der Waals surface area (Å²) in [4.78, 5) is 5.71. The van der Waals surface area contributed by atoms with Gasteiger partial charge in [0.25, 0.3) is 8.32 Å². The number of unbranched alkanes of at least 4 members (excludes halogenated alkanes) is 3. The van der Waals surface area contributed by atoms with Gasteiger partial charge in [0.1, 0.15) is 23.1 Å². The first-order chi connectivity index (χ1) is 32.9. The Morgan fingerprint density at radius 3 is 1.59 bits per heavy atom. The van der Waals surface area contributed by atoms with Gasteiger partial charge in [-0.25, -0.2) is 4.98 Å². The molecular formula is C62H74N2O3Si. The molecule has 6 heteroatoms. The smallest absolute Gasteiger partial charge is 0.250 e. The van der Waals surface area contributed by atoms with Crippen molar-refractivity contribution in [2.75, 3.05) is 13.2 Å². The summed E-state index contributed by atoms with van der Waals surface area (Å²) >= 11 is 0. The molecule has 1 heterocycles. The average Bonchev–Trinajstić information content (AvgIpc) is 3.76. The Hall–Kier alpha value is -5.85. The zero-order valence-electron chi connectivity index (χ0n) is 42.3. The van der Waals surface area contributed by atoms with Crippen LogP contribution in [0.4, 0.5) is 0 Å². The number of fused-ring (bicyclic) bond motifs is 6. The van der Waals surface area contributed by atoms with Gasteiger partial charge < -0.3 is 13.9 Å². The summed E-state index contributed by atoms with van der Waals surface area (Å²) < 4.78 is 22.5. The number of nitrogens with zero attached hydrogens (tertiary/aromatic N) is 2. The summed E-state index contributed by atoms with van der Waals surface area (Å²) in [5.74, 6) is 4.66. The molecule has 0 aliphatic rings. The highest BCUT2D eigenvalue weighted by molar-refractivity contribution is 6.74. The highest BCUT2D eigenvalue weighted by Crippen LogP contribution is 2.45. The van der Waals surface area contributed by atoms with E-state index >= 15 is 0 Å².